The highest BCUT2D eigenvalue weighted by Gasteiger charge is 2.17. The van der Waals surface area contributed by atoms with E-state index in [1.165, 1.54) is 27.8 Å². The van der Waals surface area contributed by atoms with Crippen molar-refractivity contribution in [3.8, 4) is 0 Å². The van der Waals surface area contributed by atoms with E-state index in [2.05, 4.69) is 54.6 Å². The fraction of sp³-hybridized carbons (Fsp3) is 0.261. The maximum Gasteiger partial charge on any atom is 0.310 e. The van der Waals surface area contributed by atoms with Gasteiger partial charge in [-0.3, -0.25) is 4.79 Å². The molecule has 0 amide bonds. The molecule has 0 saturated heterocycles. The fourth-order valence-corrected chi connectivity index (χ4v) is 3.72. The van der Waals surface area contributed by atoms with Crippen molar-refractivity contribution in [3.05, 3.63) is 88.5 Å². The van der Waals surface area contributed by atoms with Gasteiger partial charge in [-0.1, -0.05) is 60.7 Å². The van der Waals surface area contributed by atoms with Gasteiger partial charge in [-0.15, -0.1) is 0 Å². The molecule has 0 atom stereocenters. The molecule has 0 spiro atoms. The molecule has 126 valence electrons. The first-order valence-electron chi connectivity index (χ1n) is 8.97. The fourth-order valence-electron chi connectivity index (χ4n) is 3.72. The third kappa shape index (κ3) is 3.58. The quantitative estimate of drug-likeness (QED) is 0.601. The molecule has 0 heterocycles. The standard InChI is InChI=1S/C23H22O2/c24-23(15-21-10-5-9-19-7-3-4-11-22(19)21)25-16-17-12-13-18-6-1-2-8-20(18)14-17/h1-4,6-8,10-12H,5,9,13-16H2. The number of hydrogen-bond acceptors (Lipinski definition) is 2. The molecular formula is C23H22O2. The Bertz CT molecular complexity index is 858. The Hall–Kier alpha value is -2.61. The Morgan fingerprint density at radius 1 is 0.920 bits per heavy atom. The third-order valence-corrected chi connectivity index (χ3v) is 5.07. The summed E-state index contributed by atoms with van der Waals surface area (Å²) in [7, 11) is 0. The van der Waals surface area contributed by atoms with Crippen LogP contribution in [0.25, 0.3) is 5.57 Å². The minimum absolute atomic E-state index is 0.136. The van der Waals surface area contributed by atoms with E-state index in [0.717, 1.165) is 31.3 Å². The zero-order chi connectivity index (χ0) is 17.1. The molecule has 0 fully saturated rings. The van der Waals surface area contributed by atoms with Gasteiger partial charge in [0.05, 0.1) is 6.42 Å². The molecule has 0 aromatic heterocycles. The van der Waals surface area contributed by atoms with Crippen molar-refractivity contribution in [1.29, 1.82) is 0 Å². The summed E-state index contributed by atoms with van der Waals surface area (Å²) >= 11 is 0. The van der Waals surface area contributed by atoms with Gasteiger partial charge in [-0.2, -0.15) is 0 Å². The van der Waals surface area contributed by atoms with Gasteiger partial charge in [0.2, 0.25) is 0 Å². The smallest absolute Gasteiger partial charge is 0.310 e. The monoisotopic (exact) mass is 330 g/mol. The van der Waals surface area contributed by atoms with Crippen LogP contribution in [-0.2, 0) is 28.8 Å². The largest absolute Gasteiger partial charge is 0.461 e. The molecule has 4 rings (SSSR count). The summed E-state index contributed by atoms with van der Waals surface area (Å²) in [4.78, 5) is 12.3. The summed E-state index contributed by atoms with van der Waals surface area (Å²) in [6, 6.07) is 16.8. The average molecular weight is 330 g/mol. The summed E-state index contributed by atoms with van der Waals surface area (Å²) in [5.41, 5.74) is 7.57. The van der Waals surface area contributed by atoms with E-state index < -0.39 is 0 Å². The average Bonchev–Trinajstić information content (AvgIpc) is 2.66. The molecule has 0 N–H and O–H groups in total. The maximum absolute atomic E-state index is 12.3. The van der Waals surface area contributed by atoms with Crippen LogP contribution in [0.15, 0.2) is 66.3 Å². The summed E-state index contributed by atoms with van der Waals surface area (Å²) in [6.45, 7) is 0.405. The van der Waals surface area contributed by atoms with Gasteiger partial charge in [-0.05, 0) is 59.1 Å². The second kappa shape index (κ2) is 7.10. The van der Waals surface area contributed by atoms with E-state index in [0.29, 0.717) is 13.0 Å². The molecule has 0 aliphatic heterocycles. The molecule has 2 nitrogen and oxygen atoms in total. The minimum Gasteiger partial charge on any atom is -0.461 e. The van der Waals surface area contributed by atoms with Crippen LogP contribution in [0.5, 0.6) is 0 Å². The van der Waals surface area contributed by atoms with Crippen molar-refractivity contribution in [3.63, 3.8) is 0 Å². The Morgan fingerprint density at radius 3 is 2.56 bits per heavy atom. The lowest BCUT2D eigenvalue weighted by Gasteiger charge is -2.19. The van der Waals surface area contributed by atoms with E-state index >= 15 is 0 Å². The van der Waals surface area contributed by atoms with Gasteiger partial charge >= 0.3 is 5.97 Å². The van der Waals surface area contributed by atoms with Gasteiger partial charge in [-0.25, -0.2) is 0 Å². The lowest BCUT2D eigenvalue weighted by Crippen LogP contribution is -2.13. The summed E-state index contributed by atoms with van der Waals surface area (Å²) < 4.78 is 5.57. The van der Waals surface area contributed by atoms with E-state index in [4.69, 9.17) is 4.74 Å². The molecule has 0 saturated carbocycles. The van der Waals surface area contributed by atoms with Crippen molar-refractivity contribution in [2.45, 2.75) is 32.1 Å². The van der Waals surface area contributed by atoms with Crippen LogP contribution in [0, 0.1) is 0 Å². The molecule has 2 aliphatic carbocycles. The lowest BCUT2D eigenvalue weighted by atomic mass is 9.89. The molecule has 0 radical (unpaired) electrons. The van der Waals surface area contributed by atoms with Gasteiger partial charge in [0, 0.05) is 0 Å². The summed E-state index contributed by atoms with van der Waals surface area (Å²) in [5, 5.41) is 0. The highest BCUT2D eigenvalue weighted by molar-refractivity contribution is 5.86. The normalized spacial score (nSPS) is 15.5. The first kappa shape index (κ1) is 15.9. The van der Waals surface area contributed by atoms with Crippen LogP contribution in [0.1, 0.15) is 35.1 Å². The highest BCUT2D eigenvalue weighted by Crippen LogP contribution is 2.29. The number of aryl methyl sites for hydroxylation is 1. The highest BCUT2D eigenvalue weighted by atomic mass is 16.5. The van der Waals surface area contributed by atoms with Crippen molar-refractivity contribution in [2.24, 2.45) is 0 Å². The number of allylic oxidation sites excluding steroid dienone is 2. The van der Waals surface area contributed by atoms with Gasteiger partial charge in [0.1, 0.15) is 6.61 Å². The Morgan fingerprint density at radius 2 is 1.68 bits per heavy atom. The van der Waals surface area contributed by atoms with E-state index in [-0.39, 0.29) is 5.97 Å². The molecule has 0 bridgehead atoms. The maximum atomic E-state index is 12.3. The number of hydrogen-bond donors (Lipinski definition) is 0. The first-order chi connectivity index (χ1) is 12.3. The second-order valence-electron chi connectivity index (χ2n) is 6.77. The van der Waals surface area contributed by atoms with Crippen LogP contribution in [0.3, 0.4) is 0 Å². The topological polar surface area (TPSA) is 26.3 Å². The number of benzene rings is 2. The van der Waals surface area contributed by atoms with Crippen molar-refractivity contribution < 1.29 is 9.53 Å². The predicted molar refractivity (Wildman–Crippen MR) is 100 cm³/mol. The molecule has 2 heteroatoms. The number of ether oxygens (including phenoxy) is 1. The first-order valence-corrected chi connectivity index (χ1v) is 8.97. The van der Waals surface area contributed by atoms with E-state index in [1.54, 1.807) is 0 Å². The van der Waals surface area contributed by atoms with Crippen LogP contribution >= 0.6 is 0 Å². The number of carbonyl (C=O) groups is 1. The van der Waals surface area contributed by atoms with Gasteiger partial charge in [0.15, 0.2) is 0 Å². The number of rotatable bonds is 4. The minimum atomic E-state index is -0.136. The zero-order valence-electron chi connectivity index (χ0n) is 14.3. The third-order valence-electron chi connectivity index (χ3n) is 5.07. The number of fused-ring (bicyclic) bond motifs is 2. The number of carbonyl (C=O) groups excluding carboxylic acids is 1. The van der Waals surface area contributed by atoms with Crippen molar-refractivity contribution in [1.82, 2.24) is 0 Å². The van der Waals surface area contributed by atoms with E-state index in [1.807, 2.05) is 6.07 Å². The molecule has 2 aromatic rings. The van der Waals surface area contributed by atoms with Gasteiger partial charge < -0.3 is 4.74 Å². The predicted octanol–water partition coefficient (Wildman–Crippen LogP) is 4.67. The zero-order valence-corrected chi connectivity index (χ0v) is 14.3. The SMILES string of the molecule is O=C(CC1=CCCc2ccccc21)OCC1=CCc2ccccc2C1. The molecule has 0 unspecified atom stereocenters. The molecular weight excluding hydrogens is 308 g/mol. The van der Waals surface area contributed by atoms with Crippen molar-refractivity contribution >= 4 is 11.5 Å². The summed E-state index contributed by atoms with van der Waals surface area (Å²) in [5.74, 6) is -0.136. The molecule has 25 heavy (non-hydrogen) atoms. The van der Waals surface area contributed by atoms with Crippen molar-refractivity contribution in [2.75, 3.05) is 6.61 Å². The Balaban J connectivity index is 1.35. The Kier molecular flexibility index (Phi) is 4.51. The van der Waals surface area contributed by atoms with Crippen LogP contribution in [0.2, 0.25) is 0 Å². The van der Waals surface area contributed by atoms with Crippen LogP contribution < -0.4 is 0 Å². The van der Waals surface area contributed by atoms with Gasteiger partial charge in [0.25, 0.3) is 0 Å². The van der Waals surface area contributed by atoms with Crippen LogP contribution in [-0.4, -0.2) is 12.6 Å². The summed E-state index contributed by atoms with van der Waals surface area (Å²) in [6.07, 6.45) is 8.62. The molecule has 2 aromatic carbocycles. The van der Waals surface area contributed by atoms with Crippen LogP contribution in [0.4, 0.5) is 0 Å². The Labute approximate surface area is 148 Å². The van der Waals surface area contributed by atoms with E-state index in [9.17, 15) is 4.79 Å². The number of esters is 1. The second-order valence-corrected chi connectivity index (χ2v) is 6.77. The lowest BCUT2D eigenvalue weighted by molar-refractivity contribution is -0.141. The molecule has 2 aliphatic rings.